The Balaban J connectivity index is 2.27. The van der Waals surface area contributed by atoms with E-state index >= 15 is 0 Å². The Labute approximate surface area is 116 Å². The lowest BCUT2D eigenvalue weighted by atomic mass is 10.2. The van der Waals surface area contributed by atoms with E-state index in [1.807, 2.05) is 0 Å². The molecule has 0 radical (unpaired) electrons. The van der Waals surface area contributed by atoms with Crippen molar-refractivity contribution in [3.63, 3.8) is 0 Å². The fourth-order valence-corrected chi connectivity index (χ4v) is 3.20. The number of carbonyl (C=O) groups is 1. The van der Waals surface area contributed by atoms with Crippen LogP contribution in [0.5, 0.6) is 0 Å². The minimum Gasteiger partial charge on any atom is -0.478 e. The van der Waals surface area contributed by atoms with Crippen molar-refractivity contribution in [2.45, 2.75) is 30.2 Å². The predicted molar refractivity (Wildman–Crippen MR) is 71.0 cm³/mol. The molecule has 1 saturated carbocycles. The number of rotatable bonds is 5. The van der Waals surface area contributed by atoms with Gasteiger partial charge in [-0.1, -0.05) is 6.07 Å². The quantitative estimate of drug-likeness (QED) is 0.811. The van der Waals surface area contributed by atoms with E-state index in [1.54, 1.807) is 6.92 Å². The summed E-state index contributed by atoms with van der Waals surface area (Å²) >= 11 is 0. The van der Waals surface area contributed by atoms with Gasteiger partial charge in [0.05, 0.1) is 0 Å². The van der Waals surface area contributed by atoms with Crippen molar-refractivity contribution in [3.8, 4) is 0 Å². The molecule has 1 aliphatic carbocycles. The second kappa shape index (κ2) is 4.99. The van der Waals surface area contributed by atoms with Crippen LogP contribution in [-0.4, -0.2) is 25.0 Å². The van der Waals surface area contributed by atoms with Crippen molar-refractivity contribution in [2.75, 3.05) is 0 Å². The van der Waals surface area contributed by atoms with E-state index in [0.29, 0.717) is 0 Å². The molecule has 0 aromatic heterocycles. The first kappa shape index (κ1) is 14.7. The lowest BCUT2D eigenvalue weighted by molar-refractivity contribution is -0.131. The standard InChI is InChI=1S/C13H14FNO4S/c1-13(6-7-13)15-20(18,19)11-4-2-9(8-10(11)14)3-5-12(16)17/h2-5,8,15H,6-7H2,1H3,(H,16,17)/b5-3+. The highest BCUT2D eigenvalue weighted by atomic mass is 32.2. The van der Waals surface area contributed by atoms with Crippen molar-refractivity contribution in [1.29, 1.82) is 0 Å². The third kappa shape index (κ3) is 3.43. The number of carboxylic acids is 1. The van der Waals surface area contributed by atoms with Gasteiger partial charge in [0.1, 0.15) is 10.7 Å². The molecule has 2 rings (SSSR count). The molecule has 1 aliphatic rings. The molecule has 0 heterocycles. The van der Waals surface area contributed by atoms with Crippen LogP contribution in [0.1, 0.15) is 25.3 Å². The maximum absolute atomic E-state index is 13.9. The van der Waals surface area contributed by atoms with Crippen LogP contribution in [0, 0.1) is 5.82 Å². The van der Waals surface area contributed by atoms with Gasteiger partial charge in [-0.25, -0.2) is 22.3 Å². The predicted octanol–water partition coefficient (Wildman–Crippen LogP) is 1.75. The molecule has 20 heavy (non-hydrogen) atoms. The van der Waals surface area contributed by atoms with Crippen molar-refractivity contribution >= 4 is 22.1 Å². The SMILES string of the molecule is CC1(NS(=O)(=O)c2ccc(/C=C/C(=O)O)cc2F)CC1. The third-order valence-electron chi connectivity index (χ3n) is 3.04. The molecule has 0 aliphatic heterocycles. The summed E-state index contributed by atoms with van der Waals surface area (Å²) in [6, 6.07) is 3.47. The number of halogens is 1. The molecule has 1 fully saturated rings. The van der Waals surface area contributed by atoms with Gasteiger partial charge < -0.3 is 5.11 Å². The number of aliphatic carboxylic acids is 1. The molecular formula is C13H14FNO4S. The highest BCUT2D eigenvalue weighted by molar-refractivity contribution is 7.89. The molecular weight excluding hydrogens is 285 g/mol. The van der Waals surface area contributed by atoms with Gasteiger partial charge in [-0.2, -0.15) is 0 Å². The average Bonchev–Trinajstić information content (AvgIpc) is 3.02. The first-order valence-corrected chi connectivity index (χ1v) is 7.45. The van der Waals surface area contributed by atoms with Crippen LogP contribution in [0.2, 0.25) is 0 Å². The highest BCUT2D eigenvalue weighted by Gasteiger charge is 2.41. The monoisotopic (exact) mass is 299 g/mol. The normalized spacial score (nSPS) is 17.3. The lowest BCUT2D eigenvalue weighted by Crippen LogP contribution is -2.34. The van der Waals surface area contributed by atoms with Gasteiger partial charge in [-0.15, -0.1) is 0 Å². The van der Waals surface area contributed by atoms with Gasteiger partial charge in [-0.05, 0) is 43.5 Å². The largest absolute Gasteiger partial charge is 0.478 e. The van der Waals surface area contributed by atoms with Crippen LogP contribution in [0.3, 0.4) is 0 Å². The van der Waals surface area contributed by atoms with Crippen LogP contribution in [0.15, 0.2) is 29.2 Å². The summed E-state index contributed by atoms with van der Waals surface area (Å²) in [6.45, 7) is 1.76. The van der Waals surface area contributed by atoms with Crippen molar-refractivity contribution in [2.24, 2.45) is 0 Å². The van der Waals surface area contributed by atoms with Crippen molar-refractivity contribution in [3.05, 3.63) is 35.7 Å². The second-order valence-corrected chi connectivity index (χ2v) is 6.68. The Morgan fingerprint density at radius 3 is 2.60 bits per heavy atom. The lowest BCUT2D eigenvalue weighted by Gasteiger charge is -2.12. The second-order valence-electron chi connectivity index (χ2n) is 5.03. The molecule has 5 nitrogen and oxygen atoms in total. The Morgan fingerprint density at radius 2 is 2.10 bits per heavy atom. The maximum atomic E-state index is 13.9. The zero-order chi connectivity index (χ0) is 15.0. The molecule has 0 bridgehead atoms. The molecule has 0 spiro atoms. The number of nitrogens with one attached hydrogen (secondary N) is 1. The van der Waals surface area contributed by atoms with Gasteiger partial charge in [0.15, 0.2) is 0 Å². The van der Waals surface area contributed by atoms with Crippen molar-refractivity contribution < 1.29 is 22.7 Å². The van der Waals surface area contributed by atoms with Gasteiger partial charge in [0.25, 0.3) is 0 Å². The van der Waals surface area contributed by atoms with E-state index in [9.17, 15) is 17.6 Å². The summed E-state index contributed by atoms with van der Waals surface area (Å²) in [5.74, 6) is -2.07. The summed E-state index contributed by atoms with van der Waals surface area (Å²) in [5, 5.41) is 8.48. The topological polar surface area (TPSA) is 83.5 Å². The molecule has 0 atom stereocenters. The van der Waals surface area contributed by atoms with E-state index in [4.69, 9.17) is 5.11 Å². The van der Waals surface area contributed by atoms with Crippen LogP contribution in [0.25, 0.3) is 6.08 Å². The zero-order valence-electron chi connectivity index (χ0n) is 10.8. The van der Waals surface area contributed by atoms with Crippen LogP contribution < -0.4 is 4.72 Å². The molecule has 1 aromatic rings. The zero-order valence-corrected chi connectivity index (χ0v) is 11.6. The summed E-state index contributed by atoms with van der Waals surface area (Å²) in [7, 11) is -3.90. The number of carboxylic acid groups (broad SMARTS) is 1. The number of hydrogen-bond donors (Lipinski definition) is 2. The Morgan fingerprint density at radius 1 is 1.45 bits per heavy atom. The van der Waals surface area contributed by atoms with E-state index in [1.165, 1.54) is 12.1 Å². The number of benzene rings is 1. The van der Waals surface area contributed by atoms with Crippen molar-refractivity contribution in [1.82, 2.24) is 4.72 Å². The average molecular weight is 299 g/mol. The fourth-order valence-electron chi connectivity index (χ4n) is 1.68. The van der Waals surface area contributed by atoms with Crippen LogP contribution in [-0.2, 0) is 14.8 Å². The number of sulfonamides is 1. The number of hydrogen-bond acceptors (Lipinski definition) is 3. The van der Waals surface area contributed by atoms with E-state index in [0.717, 1.165) is 31.1 Å². The molecule has 108 valence electrons. The summed E-state index contributed by atoms with van der Waals surface area (Å²) in [5.41, 5.74) is -0.200. The smallest absolute Gasteiger partial charge is 0.328 e. The van der Waals surface area contributed by atoms with Crippen LogP contribution >= 0.6 is 0 Å². The highest BCUT2D eigenvalue weighted by Crippen LogP contribution is 2.36. The Kier molecular flexibility index (Phi) is 3.66. The first-order chi connectivity index (χ1) is 9.22. The minimum atomic E-state index is -3.90. The Bertz CT molecular complexity index is 678. The molecule has 0 amide bonds. The maximum Gasteiger partial charge on any atom is 0.328 e. The molecule has 0 unspecified atom stereocenters. The van der Waals surface area contributed by atoms with E-state index < -0.39 is 32.2 Å². The first-order valence-electron chi connectivity index (χ1n) is 5.96. The molecule has 0 saturated heterocycles. The molecule has 2 N–H and O–H groups in total. The molecule has 7 heteroatoms. The van der Waals surface area contributed by atoms with Gasteiger partial charge >= 0.3 is 5.97 Å². The van der Waals surface area contributed by atoms with E-state index in [-0.39, 0.29) is 5.56 Å². The van der Waals surface area contributed by atoms with Gasteiger partial charge in [0.2, 0.25) is 10.0 Å². The Hall–Kier alpha value is -1.73. The summed E-state index contributed by atoms with van der Waals surface area (Å²) < 4.78 is 40.4. The van der Waals surface area contributed by atoms with Gasteiger partial charge in [0, 0.05) is 11.6 Å². The molecule has 1 aromatic carbocycles. The van der Waals surface area contributed by atoms with E-state index in [2.05, 4.69) is 4.72 Å². The summed E-state index contributed by atoms with van der Waals surface area (Å²) in [4.78, 5) is 9.93. The summed E-state index contributed by atoms with van der Waals surface area (Å²) in [6.07, 6.45) is 3.50. The van der Waals surface area contributed by atoms with Gasteiger partial charge in [-0.3, -0.25) is 0 Å². The minimum absolute atomic E-state index is 0.279. The third-order valence-corrected chi connectivity index (χ3v) is 4.72. The van der Waals surface area contributed by atoms with Crippen LogP contribution in [0.4, 0.5) is 4.39 Å². The fraction of sp³-hybridized carbons (Fsp3) is 0.308.